The van der Waals surface area contributed by atoms with Crippen LogP contribution >= 0.6 is 0 Å². The van der Waals surface area contributed by atoms with Crippen molar-refractivity contribution >= 4 is 11.8 Å². The Balaban J connectivity index is 2.63. The summed E-state index contributed by atoms with van der Waals surface area (Å²) in [6, 6.07) is 6.71. The van der Waals surface area contributed by atoms with Crippen LogP contribution in [0.15, 0.2) is 24.3 Å². The van der Waals surface area contributed by atoms with Crippen LogP contribution in [-0.4, -0.2) is 22.9 Å². The van der Waals surface area contributed by atoms with Gasteiger partial charge in [0.2, 0.25) is 0 Å². The average molecular weight is 291 g/mol. The molecule has 4 heteroatoms. The molecule has 0 unspecified atom stereocenters. The van der Waals surface area contributed by atoms with E-state index in [1.54, 1.807) is 12.1 Å². The van der Waals surface area contributed by atoms with Crippen molar-refractivity contribution in [1.82, 2.24) is 5.32 Å². The van der Waals surface area contributed by atoms with Crippen LogP contribution in [0.3, 0.4) is 0 Å². The molecule has 0 aliphatic carbocycles. The number of benzene rings is 1. The van der Waals surface area contributed by atoms with Crippen LogP contribution in [0.1, 0.15) is 56.5 Å². The second-order valence-electron chi connectivity index (χ2n) is 6.63. The van der Waals surface area contributed by atoms with Gasteiger partial charge in [0, 0.05) is 12.1 Å². The third-order valence-corrected chi connectivity index (χ3v) is 3.37. The molecule has 0 radical (unpaired) electrons. The van der Waals surface area contributed by atoms with Crippen molar-refractivity contribution in [3.8, 4) is 0 Å². The molecule has 0 aliphatic rings. The molecule has 1 aromatic carbocycles. The standard InChI is InChI=1S/C17H25NO3/c1-12(19)14-7-5-6-13(10-14)11-18-15(16(20)21)8-9-17(2,3)4/h5-7,10,15,18H,8-9,11H2,1-4H3,(H,20,21)/t15-/m0/s1. The van der Waals surface area contributed by atoms with E-state index in [-0.39, 0.29) is 11.2 Å². The number of carbonyl (C=O) groups excluding carboxylic acids is 1. The molecule has 0 aliphatic heterocycles. The fourth-order valence-electron chi connectivity index (χ4n) is 2.03. The molecule has 1 aromatic rings. The summed E-state index contributed by atoms with van der Waals surface area (Å²) in [6.07, 6.45) is 1.43. The second-order valence-corrected chi connectivity index (χ2v) is 6.63. The summed E-state index contributed by atoms with van der Waals surface area (Å²) in [7, 11) is 0. The maximum absolute atomic E-state index is 11.3. The van der Waals surface area contributed by atoms with Gasteiger partial charge in [-0.3, -0.25) is 9.59 Å². The Kier molecular flexibility index (Phi) is 6.09. The highest BCUT2D eigenvalue weighted by molar-refractivity contribution is 5.94. The van der Waals surface area contributed by atoms with E-state index >= 15 is 0 Å². The molecular formula is C17H25NO3. The minimum atomic E-state index is -0.832. The maximum atomic E-state index is 11.3. The third kappa shape index (κ3) is 6.54. The third-order valence-electron chi connectivity index (χ3n) is 3.37. The van der Waals surface area contributed by atoms with Gasteiger partial charge in [0.1, 0.15) is 6.04 Å². The van der Waals surface area contributed by atoms with Crippen LogP contribution in [0.2, 0.25) is 0 Å². The summed E-state index contributed by atoms with van der Waals surface area (Å²) in [6.45, 7) is 8.27. The minimum Gasteiger partial charge on any atom is -0.480 e. The molecule has 116 valence electrons. The van der Waals surface area contributed by atoms with Crippen molar-refractivity contribution in [2.24, 2.45) is 5.41 Å². The first-order valence-electron chi connectivity index (χ1n) is 7.25. The van der Waals surface area contributed by atoms with Gasteiger partial charge in [-0.15, -0.1) is 0 Å². The number of hydrogen-bond donors (Lipinski definition) is 2. The largest absolute Gasteiger partial charge is 0.480 e. The number of ketones is 1. The SMILES string of the molecule is CC(=O)c1cccc(CN[C@@H](CCC(C)(C)C)C(=O)O)c1. The van der Waals surface area contributed by atoms with Gasteiger partial charge in [-0.05, 0) is 36.8 Å². The molecule has 0 fully saturated rings. The average Bonchev–Trinajstić information content (AvgIpc) is 2.37. The molecule has 2 N–H and O–H groups in total. The zero-order chi connectivity index (χ0) is 16.0. The predicted molar refractivity (Wildman–Crippen MR) is 83.4 cm³/mol. The van der Waals surface area contributed by atoms with Crippen LogP contribution in [0.4, 0.5) is 0 Å². The molecule has 21 heavy (non-hydrogen) atoms. The van der Waals surface area contributed by atoms with Crippen LogP contribution in [-0.2, 0) is 11.3 Å². The summed E-state index contributed by atoms with van der Waals surface area (Å²) < 4.78 is 0. The normalized spacial score (nSPS) is 13.0. The van der Waals surface area contributed by atoms with Gasteiger partial charge in [-0.2, -0.15) is 0 Å². The lowest BCUT2D eigenvalue weighted by molar-refractivity contribution is -0.139. The van der Waals surface area contributed by atoms with Gasteiger partial charge in [0.25, 0.3) is 0 Å². The van der Waals surface area contributed by atoms with Gasteiger partial charge in [0.05, 0.1) is 0 Å². The zero-order valence-electron chi connectivity index (χ0n) is 13.3. The van der Waals surface area contributed by atoms with E-state index in [4.69, 9.17) is 0 Å². The van der Waals surface area contributed by atoms with Crippen LogP contribution in [0.5, 0.6) is 0 Å². The van der Waals surface area contributed by atoms with Gasteiger partial charge < -0.3 is 10.4 Å². The summed E-state index contributed by atoms with van der Waals surface area (Å²) >= 11 is 0. The van der Waals surface area contributed by atoms with Crippen LogP contribution < -0.4 is 5.32 Å². The first-order chi connectivity index (χ1) is 9.69. The van der Waals surface area contributed by atoms with Gasteiger partial charge in [-0.1, -0.05) is 39.0 Å². The Morgan fingerprint density at radius 2 is 1.95 bits per heavy atom. The first-order valence-corrected chi connectivity index (χ1v) is 7.25. The molecule has 0 heterocycles. The van der Waals surface area contributed by atoms with E-state index < -0.39 is 12.0 Å². The van der Waals surface area contributed by atoms with Crippen LogP contribution in [0, 0.1) is 5.41 Å². The molecule has 0 spiro atoms. The number of carboxylic acid groups (broad SMARTS) is 1. The van der Waals surface area contributed by atoms with E-state index in [2.05, 4.69) is 26.1 Å². The Bertz CT molecular complexity index is 503. The summed E-state index contributed by atoms with van der Waals surface area (Å²) in [4.78, 5) is 22.6. The molecule has 0 saturated carbocycles. The fourth-order valence-corrected chi connectivity index (χ4v) is 2.03. The number of aliphatic carboxylic acids is 1. The minimum absolute atomic E-state index is 0.0133. The highest BCUT2D eigenvalue weighted by Crippen LogP contribution is 2.21. The zero-order valence-corrected chi connectivity index (χ0v) is 13.3. The first kappa shape index (κ1) is 17.4. The molecular weight excluding hydrogens is 266 g/mol. The smallest absolute Gasteiger partial charge is 0.320 e. The Morgan fingerprint density at radius 3 is 2.48 bits per heavy atom. The molecule has 4 nitrogen and oxygen atoms in total. The van der Waals surface area contributed by atoms with Gasteiger partial charge >= 0.3 is 5.97 Å². The lowest BCUT2D eigenvalue weighted by atomic mass is 9.88. The van der Waals surface area contributed by atoms with Gasteiger partial charge in [-0.25, -0.2) is 0 Å². The second kappa shape index (κ2) is 7.36. The van der Waals surface area contributed by atoms with E-state index in [1.165, 1.54) is 6.92 Å². The molecule has 0 saturated heterocycles. The highest BCUT2D eigenvalue weighted by atomic mass is 16.4. The lowest BCUT2D eigenvalue weighted by Gasteiger charge is -2.21. The Morgan fingerprint density at radius 1 is 1.29 bits per heavy atom. The van der Waals surface area contributed by atoms with E-state index in [0.717, 1.165) is 12.0 Å². The fraction of sp³-hybridized carbons (Fsp3) is 0.529. The van der Waals surface area contributed by atoms with Crippen molar-refractivity contribution in [2.75, 3.05) is 0 Å². The van der Waals surface area contributed by atoms with Crippen LogP contribution in [0.25, 0.3) is 0 Å². The molecule has 0 bridgehead atoms. The number of carbonyl (C=O) groups is 2. The summed E-state index contributed by atoms with van der Waals surface area (Å²) in [5.41, 5.74) is 1.68. The van der Waals surface area contributed by atoms with E-state index in [0.29, 0.717) is 18.5 Å². The van der Waals surface area contributed by atoms with Crippen molar-refractivity contribution in [2.45, 2.75) is 53.1 Å². The van der Waals surface area contributed by atoms with Crippen molar-refractivity contribution in [3.63, 3.8) is 0 Å². The number of Topliss-reactive ketones (excluding diaryl/α,β-unsaturated/α-hetero) is 1. The lowest BCUT2D eigenvalue weighted by Crippen LogP contribution is -2.37. The van der Waals surface area contributed by atoms with Crippen molar-refractivity contribution < 1.29 is 14.7 Å². The Hall–Kier alpha value is -1.68. The van der Waals surface area contributed by atoms with E-state index in [9.17, 15) is 14.7 Å². The number of hydrogen-bond acceptors (Lipinski definition) is 3. The maximum Gasteiger partial charge on any atom is 0.320 e. The van der Waals surface area contributed by atoms with E-state index in [1.807, 2.05) is 12.1 Å². The molecule has 1 atom stereocenters. The number of nitrogens with one attached hydrogen (secondary N) is 1. The summed E-state index contributed by atoms with van der Waals surface area (Å²) in [5, 5.41) is 12.3. The van der Waals surface area contributed by atoms with Crippen molar-refractivity contribution in [3.05, 3.63) is 35.4 Å². The highest BCUT2D eigenvalue weighted by Gasteiger charge is 2.20. The predicted octanol–water partition coefficient (Wildman–Crippen LogP) is 3.26. The number of rotatable bonds is 7. The quantitative estimate of drug-likeness (QED) is 0.757. The summed E-state index contributed by atoms with van der Waals surface area (Å²) in [5.74, 6) is -0.818. The number of carboxylic acids is 1. The molecule has 0 amide bonds. The monoisotopic (exact) mass is 291 g/mol. The molecule has 0 aromatic heterocycles. The topological polar surface area (TPSA) is 66.4 Å². The molecule has 1 rings (SSSR count). The van der Waals surface area contributed by atoms with Crippen molar-refractivity contribution in [1.29, 1.82) is 0 Å². The Labute approximate surface area is 126 Å². The van der Waals surface area contributed by atoms with Gasteiger partial charge in [0.15, 0.2) is 5.78 Å².